The third kappa shape index (κ3) is 3.32. The van der Waals surface area contributed by atoms with Gasteiger partial charge < -0.3 is 4.90 Å². The van der Waals surface area contributed by atoms with Gasteiger partial charge in [0.2, 0.25) is 11.2 Å². The average molecular weight is 372 g/mol. The fourth-order valence-electron chi connectivity index (χ4n) is 2.36. The van der Waals surface area contributed by atoms with Crippen LogP contribution in [0.25, 0.3) is 11.4 Å². The topological polar surface area (TPSA) is 41.9 Å². The second-order valence-electron chi connectivity index (χ2n) is 4.90. The minimum Gasteiger partial charge on any atom is -0.341 e. The Morgan fingerprint density at radius 2 is 1.86 bits per heavy atom. The number of piperidine rings is 1. The van der Waals surface area contributed by atoms with Gasteiger partial charge in [0.25, 0.3) is 0 Å². The van der Waals surface area contributed by atoms with Crippen LogP contribution in [0.15, 0.2) is 22.7 Å². The third-order valence-corrected chi connectivity index (χ3v) is 4.07. The summed E-state index contributed by atoms with van der Waals surface area (Å²) in [7, 11) is 0. The van der Waals surface area contributed by atoms with E-state index in [4.69, 9.17) is 11.6 Å². The molecule has 1 saturated heterocycles. The number of hydrogen-bond donors (Lipinski definition) is 0. The lowest BCUT2D eigenvalue weighted by Gasteiger charge is -2.26. The van der Waals surface area contributed by atoms with Crippen molar-refractivity contribution in [2.75, 3.05) is 18.0 Å². The number of halogens is 3. The largest absolute Gasteiger partial charge is 0.341 e. The zero-order chi connectivity index (χ0) is 14.8. The molecule has 1 aliphatic rings. The van der Waals surface area contributed by atoms with Crippen LogP contribution in [0.4, 0.5) is 10.3 Å². The van der Waals surface area contributed by atoms with Crippen LogP contribution < -0.4 is 4.90 Å². The molecule has 0 unspecified atom stereocenters. The minimum atomic E-state index is -0.384. The summed E-state index contributed by atoms with van der Waals surface area (Å²) in [6.45, 7) is 1.78. The lowest BCUT2D eigenvalue weighted by atomic mass is 10.1. The van der Waals surface area contributed by atoms with E-state index in [0.717, 1.165) is 30.4 Å². The van der Waals surface area contributed by atoms with Crippen LogP contribution in [0.3, 0.4) is 0 Å². The van der Waals surface area contributed by atoms with E-state index in [-0.39, 0.29) is 16.9 Å². The van der Waals surface area contributed by atoms with E-state index in [9.17, 15) is 4.39 Å². The van der Waals surface area contributed by atoms with Gasteiger partial charge in [0.05, 0.1) is 5.56 Å². The van der Waals surface area contributed by atoms with Crippen molar-refractivity contribution in [2.45, 2.75) is 19.3 Å². The van der Waals surface area contributed by atoms with Gasteiger partial charge in [-0.05, 0) is 49.1 Å². The number of benzene rings is 1. The van der Waals surface area contributed by atoms with E-state index in [1.807, 2.05) is 0 Å². The third-order valence-electron chi connectivity index (χ3n) is 3.40. The lowest BCUT2D eigenvalue weighted by Crippen LogP contribution is -2.31. The normalized spacial score (nSPS) is 15.3. The molecule has 0 radical (unpaired) electrons. The molecule has 0 amide bonds. The second-order valence-corrected chi connectivity index (χ2v) is 6.15. The van der Waals surface area contributed by atoms with Gasteiger partial charge in [-0.1, -0.05) is 15.9 Å². The van der Waals surface area contributed by atoms with Gasteiger partial charge in [-0.15, -0.1) is 0 Å². The molecule has 0 N–H and O–H groups in total. The fourth-order valence-corrected chi connectivity index (χ4v) is 2.88. The van der Waals surface area contributed by atoms with E-state index >= 15 is 0 Å². The van der Waals surface area contributed by atoms with Crippen LogP contribution in [0.2, 0.25) is 5.28 Å². The van der Waals surface area contributed by atoms with Crippen molar-refractivity contribution in [2.24, 2.45) is 0 Å². The molecule has 2 heterocycles. The minimum absolute atomic E-state index is 0.0833. The van der Waals surface area contributed by atoms with Crippen molar-refractivity contribution >= 4 is 33.5 Å². The number of nitrogens with zero attached hydrogens (tertiary/aromatic N) is 4. The summed E-state index contributed by atoms with van der Waals surface area (Å²) in [5, 5.41) is 0.0833. The van der Waals surface area contributed by atoms with Crippen molar-refractivity contribution in [3.05, 3.63) is 33.8 Å². The monoisotopic (exact) mass is 370 g/mol. The number of hydrogen-bond acceptors (Lipinski definition) is 4. The van der Waals surface area contributed by atoms with Gasteiger partial charge in [-0.3, -0.25) is 0 Å². The summed E-state index contributed by atoms with van der Waals surface area (Å²) in [5.74, 6) is 0.392. The van der Waals surface area contributed by atoms with E-state index in [1.54, 1.807) is 12.1 Å². The van der Waals surface area contributed by atoms with Crippen LogP contribution in [0.5, 0.6) is 0 Å². The Bertz CT molecular complexity index is 661. The maximum absolute atomic E-state index is 14.0. The molecule has 1 aromatic carbocycles. The molecule has 0 aliphatic carbocycles. The number of aromatic nitrogens is 3. The molecule has 4 nitrogen and oxygen atoms in total. The molecule has 0 spiro atoms. The van der Waals surface area contributed by atoms with Crippen molar-refractivity contribution in [3.8, 4) is 11.4 Å². The molecule has 7 heteroatoms. The SMILES string of the molecule is Fc1ccc(Br)cc1-c1nc(Cl)nc(N2CCCCC2)n1. The smallest absolute Gasteiger partial charge is 0.230 e. The van der Waals surface area contributed by atoms with Gasteiger partial charge in [0, 0.05) is 17.6 Å². The zero-order valence-electron chi connectivity index (χ0n) is 11.2. The maximum atomic E-state index is 14.0. The highest BCUT2D eigenvalue weighted by Gasteiger charge is 2.17. The Morgan fingerprint density at radius 3 is 2.62 bits per heavy atom. The maximum Gasteiger partial charge on any atom is 0.230 e. The zero-order valence-corrected chi connectivity index (χ0v) is 13.5. The number of anilines is 1. The van der Waals surface area contributed by atoms with Crippen molar-refractivity contribution in [1.82, 2.24) is 15.0 Å². The first kappa shape index (κ1) is 14.7. The Kier molecular flexibility index (Phi) is 4.35. The lowest BCUT2D eigenvalue weighted by molar-refractivity contribution is 0.567. The summed E-state index contributed by atoms with van der Waals surface area (Å²) >= 11 is 9.31. The molecule has 1 aliphatic heterocycles. The standard InChI is InChI=1S/C14H13BrClFN4/c15-9-4-5-11(17)10(8-9)12-18-13(16)20-14(19-12)21-6-2-1-3-7-21/h4-5,8H,1-3,6-7H2. The van der Waals surface area contributed by atoms with Gasteiger partial charge >= 0.3 is 0 Å². The highest BCUT2D eigenvalue weighted by Crippen LogP contribution is 2.26. The van der Waals surface area contributed by atoms with E-state index in [1.165, 1.54) is 12.5 Å². The summed E-state index contributed by atoms with van der Waals surface area (Å²) < 4.78 is 14.7. The van der Waals surface area contributed by atoms with Crippen LogP contribution in [-0.2, 0) is 0 Å². The van der Waals surface area contributed by atoms with Crippen LogP contribution >= 0.6 is 27.5 Å². The molecule has 0 atom stereocenters. The Hall–Kier alpha value is -1.27. The highest BCUT2D eigenvalue weighted by molar-refractivity contribution is 9.10. The Labute approximate surface area is 135 Å². The van der Waals surface area contributed by atoms with Gasteiger partial charge in [-0.25, -0.2) is 4.39 Å². The quantitative estimate of drug-likeness (QED) is 0.797. The molecule has 0 saturated carbocycles. The Balaban J connectivity index is 2.02. The van der Waals surface area contributed by atoms with Crippen LogP contribution in [0, 0.1) is 5.82 Å². The first-order valence-electron chi connectivity index (χ1n) is 6.75. The second kappa shape index (κ2) is 6.23. The molecule has 1 fully saturated rings. The van der Waals surface area contributed by atoms with Crippen LogP contribution in [-0.4, -0.2) is 28.0 Å². The number of rotatable bonds is 2. The highest BCUT2D eigenvalue weighted by atomic mass is 79.9. The first-order chi connectivity index (χ1) is 10.1. The van der Waals surface area contributed by atoms with Gasteiger partial charge in [-0.2, -0.15) is 15.0 Å². The van der Waals surface area contributed by atoms with E-state index in [2.05, 4.69) is 35.8 Å². The fraction of sp³-hybridized carbons (Fsp3) is 0.357. The summed E-state index contributed by atoms with van der Waals surface area (Å²) in [6.07, 6.45) is 3.41. The molecular formula is C14H13BrClFN4. The average Bonchev–Trinajstić information content (AvgIpc) is 2.50. The van der Waals surface area contributed by atoms with Crippen molar-refractivity contribution < 1.29 is 4.39 Å². The molecular weight excluding hydrogens is 359 g/mol. The molecule has 0 bridgehead atoms. The molecule has 110 valence electrons. The molecule has 1 aromatic heterocycles. The predicted molar refractivity (Wildman–Crippen MR) is 84.0 cm³/mol. The van der Waals surface area contributed by atoms with Crippen molar-refractivity contribution in [1.29, 1.82) is 0 Å². The van der Waals surface area contributed by atoms with E-state index in [0.29, 0.717) is 11.5 Å². The molecule has 3 rings (SSSR count). The molecule has 2 aromatic rings. The summed E-state index contributed by atoms with van der Waals surface area (Å²) in [4.78, 5) is 14.7. The van der Waals surface area contributed by atoms with E-state index < -0.39 is 0 Å². The predicted octanol–water partition coefficient (Wildman–Crippen LogP) is 4.08. The van der Waals surface area contributed by atoms with Gasteiger partial charge in [0.15, 0.2) is 5.82 Å². The van der Waals surface area contributed by atoms with Crippen molar-refractivity contribution in [3.63, 3.8) is 0 Å². The summed E-state index contributed by atoms with van der Waals surface area (Å²) in [6, 6.07) is 4.64. The van der Waals surface area contributed by atoms with Gasteiger partial charge in [0.1, 0.15) is 5.82 Å². The first-order valence-corrected chi connectivity index (χ1v) is 7.92. The summed E-state index contributed by atoms with van der Waals surface area (Å²) in [5.41, 5.74) is 0.312. The van der Waals surface area contributed by atoms with Crippen LogP contribution in [0.1, 0.15) is 19.3 Å². The Morgan fingerprint density at radius 1 is 1.10 bits per heavy atom. The molecule has 21 heavy (non-hydrogen) atoms.